The topological polar surface area (TPSA) is 40.5 Å². The van der Waals surface area contributed by atoms with Gasteiger partial charge in [-0.05, 0) is 88.4 Å². The average Bonchev–Trinajstić information content (AvgIpc) is 2.72. The van der Waals surface area contributed by atoms with Crippen LogP contribution in [0.25, 0.3) is 0 Å². The monoisotopic (exact) mass is 434 g/mol. The lowest BCUT2D eigenvalue weighted by Crippen LogP contribution is -2.44. The lowest BCUT2D eigenvalue weighted by Gasteiger charge is -2.53. The number of hydrogen-bond donors (Lipinski definition) is 2. The maximum Gasteiger partial charge on any atom is 0.0591 e. The Labute approximate surface area is 194 Å². The van der Waals surface area contributed by atoms with Gasteiger partial charge in [0.2, 0.25) is 0 Å². The Bertz CT molecular complexity index is 546. The standard InChI is InChI=1S/C27H48O2.C2H6/c1-6-10-22(17-20-28)15-16-23-12-9-19-27(5)24(13-7-14-25(23)27)21(2)11-8-18-26(3,4)29;1-2/h15-16,21,24-25,28-29H,6-14,17-20H2,1-5H3;1-2H3/b22-15-,23-16+;. The van der Waals surface area contributed by atoms with Crippen LogP contribution >= 0.6 is 0 Å². The molecule has 0 aromatic rings. The number of aliphatic hydroxyl groups is 2. The van der Waals surface area contributed by atoms with Gasteiger partial charge in [0.25, 0.3) is 0 Å². The zero-order valence-corrected chi connectivity index (χ0v) is 22.0. The molecule has 2 heteroatoms. The van der Waals surface area contributed by atoms with E-state index >= 15 is 0 Å². The molecule has 4 unspecified atom stereocenters. The predicted octanol–water partition coefficient (Wildman–Crippen LogP) is 8.23. The van der Waals surface area contributed by atoms with Gasteiger partial charge in [0.1, 0.15) is 0 Å². The van der Waals surface area contributed by atoms with Gasteiger partial charge in [-0.1, -0.05) is 83.6 Å². The quantitative estimate of drug-likeness (QED) is 0.363. The van der Waals surface area contributed by atoms with Crippen molar-refractivity contribution in [2.24, 2.45) is 23.2 Å². The second-order valence-electron chi connectivity index (χ2n) is 10.9. The van der Waals surface area contributed by atoms with Gasteiger partial charge < -0.3 is 10.2 Å². The first-order chi connectivity index (χ1) is 14.7. The average molecular weight is 435 g/mol. The molecule has 2 nitrogen and oxygen atoms in total. The van der Waals surface area contributed by atoms with Crippen LogP contribution in [0.15, 0.2) is 23.3 Å². The molecule has 0 aromatic heterocycles. The van der Waals surface area contributed by atoms with Gasteiger partial charge in [0.15, 0.2) is 0 Å². The molecule has 2 fully saturated rings. The molecule has 0 amide bonds. The van der Waals surface area contributed by atoms with Crippen molar-refractivity contribution in [1.82, 2.24) is 0 Å². The molecule has 0 heterocycles. The molecular formula is C29H54O2. The highest BCUT2D eigenvalue weighted by Gasteiger charge is 2.48. The third-order valence-corrected chi connectivity index (χ3v) is 7.95. The van der Waals surface area contributed by atoms with E-state index in [1.807, 2.05) is 27.7 Å². The van der Waals surface area contributed by atoms with E-state index in [0.29, 0.717) is 5.41 Å². The van der Waals surface area contributed by atoms with E-state index in [-0.39, 0.29) is 6.61 Å². The summed E-state index contributed by atoms with van der Waals surface area (Å²) in [5, 5.41) is 19.4. The van der Waals surface area contributed by atoms with Crippen LogP contribution in [-0.2, 0) is 0 Å². The van der Waals surface area contributed by atoms with Crippen LogP contribution in [0.5, 0.6) is 0 Å². The normalized spacial score (nSPS) is 29.2. The van der Waals surface area contributed by atoms with Crippen molar-refractivity contribution < 1.29 is 10.2 Å². The molecule has 0 aliphatic heterocycles. The Morgan fingerprint density at radius 3 is 2.52 bits per heavy atom. The minimum atomic E-state index is -0.531. The molecule has 0 radical (unpaired) electrons. The van der Waals surface area contributed by atoms with Gasteiger partial charge >= 0.3 is 0 Å². The maximum absolute atomic E-state index is 10.1. The number of aliphatic hydroxyl groups excluding tert-OH is 1. The summed E-state index contributed by atoms with van der Waals surface area (Å²) >= 11 is 0. The van der Waals surface area contributed by atoms with Gasteiger partial charge in [0.05, 0.1) is 5.60 Å². The summed E-state index contributed by atoms with van der Waals surface area (Å²) in [6.45, 7) is 15.4. The van der Waals surface area contributed by atoms with Crippen LogP contribution in [-0.4, -0.2) is 22.4 Å². The van der Waals surface area contributed by atoms with Crippen molar-refractivity contribution in [2.45, 2.75) is 131 Å². The summed E-state index contributed by atoms with van der Waals surface area (Å²) in [7, 11) is 0. The van der Waals surface area contributed by atoms with Gasteiger partial charge in [-0.25, -0.2) is 0 Å². The molecule has 4 atom stereocenters. The first-order valence-electron chi connectivity index (χ1n) is 13.4. The third kappa shape index (κ3) is 8.69. The number of rotatable bonds is 10. The van der Waals surface area contributed by atoms with E-state index < -0.39 is 5.60 Å². The molecule has 31 heavy (non-hydrogen) atoms. The molecule has 0 bridgehead atoms. The van der Waals surface area contributed by atoms with Crippen molar-refractivity contribution >= 4 is 0 Å². The van der Waals surface area contributed by atoms with Crippen molar-refractivity contribution in [3.63, 3.8) is 0 Å². The summed E-state index contributed by atoms with van der Waals surface area (Å²) < 4.78 is 0. The minimum absolute atomic E-state index is 0.264. The molecule has 2 N–H and O–H groups in total. The summed E-state index contributed by atoms with van der Waals surface area (Å²) in [5.41, 5.74) is 2.99. The first kappa shape index (κ1) is 28.4. The lowest BCUT2D eigenvalue weighted by atomic mass is 9.51. The van der Waals surface area contributed by atoms with Crippen molar-refractivity contribution in [1.29, 1.82) is 0 Å². The maximum atomic E-state index is 10.1. The summed E-state index contributed by atoms with van der Waals surface area (Å²) in [6.07, 6.45) is 19.2. The van der Waals surface area contributed by atoms with Crippen molar-refractivity contribution in [2.75, 3.05) is 6.61 Å². The summed E-state index contributed by atoms with van der Waals surface area (Å²) in [4.78, 5) is 0. The molecule has 182 valence electrons. The smallest absolute Gasteiger partial charge is 0.0591 e. The SMILES string of the molecule is CC.CCC/C(=C/C=C1\CCCC2(C)C1CCCC2C(C)CCCC(C)(C)O)CCO. The molecule has 2 aliphatic rings. The number of fused-ring (bicyclic) bond motifs is 1. The Hall–Kier alpha value is -0.600. The van der Waals surface area contributed by atoms with Gasteiger partial charge in [0, 0.05) is 6.61 Å². The predicted molar refractivity (Wildman–Crippen MR) is 136 cm³/mol. The molecule has 0 saturated heterocycles. The van der Waals surface area contributed by atoms with E-state index in [0.717, 1.165) is 49.9 Å². The van der Waals surface area contributed by atoms with E-state index in [2.05, 4.69) is 32.9 Å². The van der Waals surface area contributed by atoms with Crippen molar-refractivity contribution in [3.05, 3.63) is 23.3 Å². The molecule has 2 rings (SSSR count). The highest BCUT2D eigenvalue weighted by molar-refractivity contribution is 5.24. The van der Waals surface area contributed by atoms with E-state index in [1.165, 1.54) is 50.5 Å². The van der Waals surface area contributed by atoms with Crippen molar-refractivity contribution in [3.8, 4) is 0 Å². The fraction of sp³-hybridized carbons (Fsp3) is 0.862. The lowest BCUT2D eigenvalue weighted by molar-refractivity contribution is -0.00356. The first-order valence-corrected chi connectivity index (χ1v) is 13.4. The Morgan fingerprint density at radius 1 is 1.19 bits per heavy atom. The number of allylic oxidation sites excluding steroid dienone is 3. The minimum Gasteiger partial charge on any atom is -0.396 e. The zero-order valence-electron chi connectivity index (χ0n) is 22.0. The van der Waals surface area contributed by atoms with E-state index in [9.17, 15) is 10.2 Å². The summed E-state index contributed by atoms with van der Waals surface area (Å²) in [5.74, 6) is 2.29. The van der Waals surface area contributed by atoms with E-state index in [4.69, 9.17) is 0 Å². The van der Waals surface area contributed by atoms with Crippen LogP contribution in [0.4, 0.5) is 0 Å². The third-order valence-electron chi connectivity index (χ3n) is 7.95. The van der Waals surface area contributed by atoms with Crippen LogP contribution in [0, 0.1) is 23.2 Å². The molecule has 2 aliphatic carbocycles. The Balaban J connectivity index is 0.00000233. The fourth-order valence-corrected chi connectivity index (χ4v) is 6.45. The fourth-order valence-electron chi connectivity index (χ4n) is 6.45. The van der Waals surface area contributed by atoms with Crippen LogP contribution in [0.2, 0.25) is 0 Å². The van der Waals surface area contributed by atoms with E-state index in [1.54, 1.807) is 5.57 Å². The molecule has 0 aromatic carbocycles. The molecule has 2 saturated carbocycles. The second kappa shape index (κ2) is 13.8. The second-order valence-corrected chi connectivity index (χ2v) is 10.9. The number of hydrogen-bond acceptors (Lipinski definition) is 2. The molecular weight excluding hydrogens is 380 g/mol. The zero-order chi connectivity index (χ0) is 23.5. The molecule has 0 spiro atoms. The highest BCUT2D eigenvalue weighted by Crippen LogP contribution is 2.57. The Morgan fingerprint density at radius 2 is 1.90 bits per heavy atom. The van der Waals surface area contributed by atoms with Crippen LogP contribution in [0.3, 0.4) is 0 Å². The van der Waals surface area contributed by atoms with Crippen LogP contribution in [0.1, 0.15) is 126 Å². The Kier molecular flexibility index (Phi) is 12.7. The van der Waals surface area contributed by atoms with Gasteiger partial charge in [-0.3, -0.25) is 0 Å². The summed E-state index contributed by atoms with van der Waals surface area (Å²) in [6, 6.07) is 0. The highest BCUT2D eigenvalue weighted by atomic mass is 16.3. The van der Waals surface area contributed by atoms with Gasteiger partial charge in [-0.15, -0.1) is 0 Å². The van der Waals surface area contributed by atoms with Gasteiger partial charge in [-0.2, -0.15) is 0 Å². The largest absolute Gasteiger partial charge is 0.396 e. The van der Waals surface area contributed by atoms with Crippen LogP contribution < -0.4 is 0 Å².